The lowest BCUT2D eigenvalue weighted by Gasteiger charge is -2.06. The summed E-state index contributed by atoms with van der Waals surface area (Å²) in [5.74, 6) is 0.129. The summed E-state index contributed by atoms with van der Waals surface area (Å²) >= 11 is 1.68. The minimum absolute atomic E-state index is 0.129. The maximum atomic E-state index is 8.66. The van der Waals surface area contributed by atoms with Gasteiger partial charge in [0.15, 0.2) is 5.84 Å². The third kappa shape index (κ3) is 4.04. The number of amidine groups is 1. The number of aryl methyl sites for hydroxylation is 1. The van der Waals surface area contributed by atoms with Gasteiger partial charge in [0.1, 0.15) is 0 Å². The molecule has 106 valence electrons. The Bertz CT molecular complexity index is 594. The van der Waals surface area contributed by atoms with Crippen LogP contribution in [-0.4, -0.2) is 22.6 Å². The van der Waals surface area contributed by atoms with Crippen molar-refractivity contribution in [2.75, 3.05) is 6.54 Å². The zero-order chi connectivity index (χ0) is 14.4. The predicted molar refractivity (Wildman–Crippen MR) is 81.2 cm³/mol. The van der Waals surface area contributed by atoms with Crippen LogP contribution >= 0.6 is 11.3 Å². The Morgan fingerprint density at radius 2 is 2.35 bits per heavy atom. The lowest BCUT2D eigenvalue weighted by Crippen LogP contribution is -2.18. The molecule has 0 saturated carbocycles. The van der Waals surface area contributed by atoms with Crippen molar-refractivity contribution in [1.82, 2.24) is 10.3 Å². The first kappa shape index (κ1) is 14.5. The molecule has 5 nitrogen and oxygen atoms in total. The summed E-state index contributed by atoms with van der Waals surface area (Å²) in [4.78, 5) is 4.42. The molecule has 0 aliphatic carbocycles. The molecular weight excluding hydrogens is 272 g/mol. The first-order valence-electron chi connectivity index (χ1n) is 6.37. The Labute approximate surface area is 122 Å². The Morgan fingerprint density at radius 1 is 1.50 bits per heavy atom. The molecule has 2 rings (SSSR count). The van der Waals surface area contributed by atoms with E-state index in [1.165, 1.54) is 0 Å². The quantitative estimate of drug-likeness (QED) is 0.249. The summed E-state index contributed by atoms with van der Waals surface area (Å²) in [5.41, 5.74) is 8.52. The van der Waals surface area contributed by atoms with Crippen LogP contribution in [0, 0.1) is 6.92 Å². The fourth-order valence-corrected chi connectivity index (χ4v) is 2.52. The lowest BCUT2D eigenvalue weighted by molar-refractivity contribution is 0.318. The zero-order valence-electron chi connectivity index (χ0n) is 11.3. The molecule has 1 aromatic carbocycles. The average molecular weight is 290 g/mol. The van der Waals surface area contributed by atoms with Gasteiger partial charge in [0.2, 0.25) is 0 Å². The molecule has 0 spiro atoms. The number of aromatic nitrogens is 1. The van der Waals surface area contributed by atoms with E-state index in [2.05, 4.69) is 20.8 Å². The molecule has 6 heteroatoms. The van der Waals surface area contributed by atoms with Gasteiger partial charge in [-0.15, -0.1) is 11.3 Å². The highest BCUT2D eigenvalue weighted by molar-refractivity contribution is 7.09. The van der Waals surface area contributed by atoms with Crippen LogP contribution in [0.15, 0.2) is 34.8 Å². The smallest absolute Gasteiger partial charge is 0.170 e. The largest absolute Gasteiger partial charge is 0.409 e. The number of hydrogen-bond acceptors (Lipinski definition) is 5. The first-order chi connectivity index (χ1) is 9.69. The van der Waals surface area contributed by atoms with Crippen molar-refractivity contribution in [3.8, 4) is 0 Å². The Balaban J connectivity index is 1.82. The summed E-state index contributed by atoms with van der Waals surface area (Å²) in [5, 5.41) is 18.2. The maximum absolute atomic E-state index is 8.66. The molecule has 1 aromatic heterocycles. The number of benzene rings is 1. The predicted octanol–water partition coefficient (Wildman–Crippen LogP) is 1.88. The van der Waals surface area contributed by atoms with Crippen molar-refractivity contribution in [2.45, 2.75) is 19.9 Å². The molecule has 2 aromatic rings. The van der Waals surface area contributed by atoms with Gasteiger partial charge in [-0.05, 0) is 18.6 Å². The third-order valence-corrected chi connectivity index (χ3v) is 3.71. The Hall–Kier alpha value is -1.92. The summed E-state index contributed by atoms with van der Waals surface area (Å²) in [6.07, 6.45) is 0.921. The van der Waals surface area contributed by atoms with E-state index in [0.717, 1.165) is 41.3 Å². The van der Waals surface area contributed by atoms with Crippen LogP contribution < -0.4 is 11.1 Å². The summed E-state index contributed by atoms with van der Waals surface area (Å²) < 4.78 is 0. The van der Waals surface area contributed by atoms with Gasteiger partial charge in [0.05, 0.1) is 10.7 Å². The van der Waals surface area contributed by atoms with Gasteiger partial charge in [0.25, 0.3) is 0 Å². The molecule has 0 radical (unpaired) electrons. The fourth-order valence-electron chi connectivity index (χ4n) is 1.87. The molecule has 0 aliphatic heterocycles. The zero-order valence-corrected chi connectivity index (χ0v) is 12.2. The highest BCUT2D eigenvalue weighted by Gasteiger charge is 2.01. The van der Waals surface area contributed by atoms with E-state index in [1.807, 2.05) is 31.2 Å². The Kier molecular flexibility index (Phi) is 5.09. The van der Waals surface area contributed by atoms with Crippen LogP contribution in [-0.2, 0) is 13.0 Å². The van der Waals surface area contributed by atoms with Gasteiger partial charge < -0.3 is 16.3 Å². The second-order valence-electron chi connectivity index (χ2n) is 4.47. The summed E-state index contributed by atoms with van der Waals surface area (Å²) in [6.45, 7) is 3.63. The Morgan fingerprint density at radius 3 is 3.05 bits per heavy atom. The number of nitrogens with one attached hydrogen (secondary N) is 1. The van der Waals surface area contributed by atoms with E-state index < -0.39 is 0 Å². The fraction of sp³-hybridized carbons (Fsp3) is 0.286. The number of nitrogens with zero attached hydrogens (tertiary/aromatic N) is 2. The lowest BCUT2D eigenvalue weighted by atomic mass is 10.1. The standard InChI is InChI=1S/C14H18N4OS/c1-10-17-13(9-20-10)5-6-16-8-11-3-2-4-12(7-11)14(15)18-19/h2-4,7,9,16,19H,5-6,8H2,1H3,(H2,15,18). The number of rotatable bonds is 6. The van der Waals surface area contributed by atoms with Crippen LogP contribution in [0.4, 0.5) is 0 Å². The molecule has 0 bridgehead atoms. The third-order valence-electron chi connectivity index (χ3n) is 2.88. The van der Waals surface area contributed by atoms with Crippen molar-refractivity contribution >= 4 is 17.2 Å². The van der Waals surface area contributed by atoms with Crippen molar-refractivity contribution in [2.24, 2.45) is 10.9 Å². The number of oxime groups is 1. The molecular formula is C14H18N4OS. The second-order valence-corrected chi connectivity index (χ2v) is 5.53. The van der Waals surface area contributed by atoms with Crippen molar-refractivity contribution in [3.05, 3.63) is 51.5 Å². The molecule has 0 amide bonds. The van der Waals surface area contributed by atoms with Crippen molar-refractivity contribution in [1.29, 1.82) is 0 Å². The summed E-state index contributed by atoms with van der Waals surface area (Å²) in [6, 6.07) is 7.63. The molecule has 1 heterocycles. The highest BCUT2D eigenvalue weighted by Crippen LogP contribution is 2.08. The van der Waals surface area contributed by atoms with E-state index in [-0.39, 0.29) is 5.84 Å². The van der Waals surface area contributed by atoms with E-state index in [4.69, 9.17) is 10.9 Å². The van der Waals surface area contributed by atoms with Crippen molar-refractivity contribution < 1.29 is 5.21 Å². The van der Waals surface area contributed by atoms with Crippen LogP contribution in [0.2, 0.25) is 0 Å². The monoisotopic (exact) mass is 290 g/mol. The number of thiazole rings is 1. The van der Waals surface area contributed by atoms with Gasteiger partial charge in [-0.25, -0.2) is 4.98 Å². The molecule has 0 atom stereocenters. The molecule has 0 unspecified atom stereocenters. The number of nitrogens with two attached hydrogens (primary N) is 1. The van der Waals surface area contributed by atoms with Gasteiger partial charge in [-0.1, -0.05) is 23.4 Å². The van der Waals surface area contributed by atoms with Gasteiger partial charge in [-0.3, -0.25) is 0 Å². The number of hydrogen-bond donors (Lipinski definition) is 3. The van der Waals surface area contributed by atoms with E-state index in [1.54, 1.807) is 11.3 Å². The maximum Gasteiger partial charge on any atom is 0.170 e. The van der Waals surface area contributed by atoms with E-state index in [0.29, 0.717) is 0 Å². The molecule has 0 saturated heterocycles. The normalized spacial score (nSPS) is 11.8. The molecule has 0 fully saturated rings. The van der Waals surface area contributed by atoms with Gasteiger partial charge >= 0.3 is 0 Å². The summed E-state index contributed by atoms with van der Waals surface area (Å²) in [7, 11) is 0. The average Bonchev–Trinajstić information content (AvgIpc) is 2.88. The van der Waals surface area contributed by atoms with Gasteiger partial charge in [-0.2, -0.15) is 0 Å². The van der Waals surface area contributed by atoms with Gasteiger partial charge in [0, 0.05) is 30.5 Å². The van der Waals surface area contributed by atoms with Crippen molar-refractivity contribution in [3.63, 3.8) is 0 Å². The van der Waals surface area contributed by atoms with Crippen LogP contribution in [0.3, 0.4) is 0 Å². The van der Waals surface area contributed by atoms with E-state index >= 15 is 0 Å². The topological polar surface area (TPSA) is 83.5 Å². The van der Waals surface area contributed by atoms with Crippen LogP contribution in [0.25, 0.3) is 0 Å². The highest BCUT2D eigenvalue weighted by atomic mass is 32.1. The first-order valence-corrected chi connectivity index (χ1v) is 7.25. The molecule has 0 aliphatic rings. The second kappa shape index (κ2) is 7.02. The van der Waals surface area contributed by atoms with Crippen LogP contribution in [0.1, 0.15) is 21.8 Å². The SMILES string of the molecule is Cc1nc(CCNCc2cccc(/C(N)=N/O)c2)cs1. The van der Waals surface area contributed by atoms with Crippen LogP contribution in [0.5, 0.6) is 0 Å². The minimum atomic E-state index is 0.129. The molecule has 20 heavy (non-hydrogen) atoms. The molecule has 4 N–H and O–H groups in total. The van der Waals surface area contributed by atoms with E-state index in [9.17, 15) is 0 Å². The minimum Gasteiger partial charge on any atom is -0.409 e.